The maximum absolute atomic E-state index is 12.2. The van der Waals surface area contributed by atoms with Crippen LogP contribution in [0.15, 0.2) is 54.6 Å². The molecule has 7 heteroatoms. The molecule has 3 rings (SSSR count). The quantitative estimate of drug-likeness (QED) is 0.754. The van der Waals surface area contributed by atoms with E-state index in [1.807, 2.05) is 54.6 Å². The summed E-state index contributed by atoms with van der Waals surface area (Å²) in [7, 11) is -3.44. The van der Waals surface area contributed by atoms with Crippen LogP contribution in [-0.2, 0) is 27.6 Å². The third kappa shape index (κ3) is 5.30. The molecule has 0 saturated carbocycles. The Morgan fingerprint density at radius 2 is 1.78 bits per heavy atom. The van der Waals surface area contributed by atoms with E-state index in [-0.39, 0.29) is 12.3 Å². The van der Waals surface area contributed by atoms with Crippen molar-refractivity contribution in [2.75, 3.05) is 23.7 Å². The lowest BCUT2D eigenvalue weighted by molar-refractivity contribution is 0.143. The van der Waals surface area contributed by atoms with Gasteiger partial charge in [-0.2, -0.15) is 0 Å². The van der Waals surface area contributed by atoms with Crippen LogP contribution in [0, 0.1) is 0 Å². The van der Waals surface area contributed by atoms with E-state index < -0.39 is 22.2 Å². The van der Waals surface area contributed by atoms with Crippen molar-refractivity contribution < 1.29 is 17.9 Å². The average molecular weight is 388 g/mol. The topological polar surface area (TPSA) is 75.7 Å². The van der Waals surface area contributed by atoms with E-state index in [1.165, 1.54) is 10.5 Å². The Morgan fingerprint density at radius 3 is 2.44 bits per heavy atom. The van der Waals surface area contributed by atoms with Crippen molar-refractivity contribution in [2.24, 2.45) is 0 Å². The van der Waals surface area contributed by atoms with Crippen molar-refractivity contribution in [2.45, 2.75) is 25.9 Å². The standard InChI is InChI=1S/C20H24N2O4S/c1-2-16-8-10-18(11-9-16)22-15-19(26-20(22)23)14-21-27(24,25)13-12-17-6-4-3-5-7-17/h3-11,19,21H,2,12-15H2,1H3. The number of benzene rings is 2. The number of aryl methyl sites for hydroxylation is 2. The Morgan fingerprint density at radius 1 is 1.07 bits per heavy atom. The molecule has 27 heavy (non-hydrogen) atoms. The first-order valence-electron chi connectivity index (χ1n) is 9.05. The smallest absolute Gasteiger partial charge is 0.414 e. The average Bonchev–Trinajstić information content (AvgIpc) is 3.07. The molecule has 1 heterocycles. The largest absolute Gasteiger partial charge is 0.443 e. The van der Waals surface area contributed by atoms with Gasteiger partial charge in [0.1, 0.15) is 6.10 Å². The van der Waals surface area contributed by atoms with Crippen LogP contribution in [0.25, 0.3) is 0 Å². The molecule has 6 nitrogen and oxygen atoms in total. The van der Waals surface area contributed by atoms with Crippen LogP contribution in [0.4, 0.5) is 10.5 Å². The first kappa shape index (κ1) is 19.4. The number of ether oxygens (including phenoxy) is 1. The number of carbonyl (C=O) groups excluding carboxylic acids is 1. The van der Waals surface area contributed by atoms with Gasteiger partial charge in [-0.3, -0.25) is 4.90 Å². The Kier molecular flexibility index (Phi) is 6.13. The molecule has 1 amide bonds. The van der Waals surface area contributed by atoms with Crippen LogP contribution in [-0.4, -0.2) is 39.5 Å². The van der Waals surface area contributed by atoms with Crippen LogP contribution in [0.2, 0.25) is 0 Å². The lowest BCUT2D eigenvalue weighted by Gasteiger charge is -2.13. The summed E-state index contributed by atoms with van der Waals surface area (Å²) < 4.78 is 32.3. The highest BCUT2D eigenvalue weighted by Crippen LogP contribution is 2.22. The van der Waals surface area contributed by atoms with Gasteiger partial charge in [0.15, 0.2) is 0 Å². The molecule has 2 aromatic rings. The molecule has 2 aromatic carbocycles. The molecule has 0 bridgehead atoms. The molecule has 1 aliphatic heterocycles. The lowest BCUT2D eigenvalue weighted by Crippen LogP contribution is -2.36. The minimum atomic E-state index is -3.44. The van der Waals surface area contributed by atoms with Gasteiger partial charge in [0.2, 0.25) is 10.0 Å². The molecule has 1 atom stereocenters. The summed E-state index contributed by atoms with van der Waals surface area (Å²) >= 11 is 0. The highest BCUT2D eigenvalue weighted by molar-refractivity contribution is 7.89. The third-order valence-corrected chi connectivity index (χ3v) is 5.91. The molecule has 0 spiro atoms. The summed E-state index contributed by atoms with van der Waals surface area (Å²) in [5.41, 5.74) is 2.91. The number of hydrogen-bond donors (Lipinski definition) is 1. The summed E-state index contributed by atoms with van der Waals surface area (Å²) in [5, 5.41) is 0. The van der Waals surface area contributed by atoms with E-state index in [9.17, 15) is 13.2 Å². The first-order valence-corrected chi connectivity index (χ1v) is 10.7. The highest BCUT2D eigenvalue weighted by atomic mass is 32.2. The van der Waals surface area contributed by atoms with Crippen LogP contribution < -0.4 is 9.62 Å². The fourth-order valence-electron chi connectivity index (χ4n) is 2.94. The van der Waals surface area contributed by atoms with Gasteiger partial charge >= 0.3 is 6.09 Å². The van der Waals surface area contributed by atoms with E-state index in [4.69, 9.17) is 4.74 Å². The second kappa shape index (κ2) is 8.54. The van der Waals surface area contributed by atoms with E-state index in [2.05, 4.69) is 11.6 Å². The fraction of sp³-hybridized carbons (Fsp3) is 0.350. The Balaban J connectivity index is 1.51. The molecule has 0 aliphatic carbocycles. The Hall–Kier alpha value is -2.38. The van der Waals surface area contributed by atoms with E-state index in [1.54, 1.807) is 0 Å². The SMILES string of the molecule is CCc1ccc(N2CC(CNS(=O)(=O)CCc3ccccc3)OC2=O)cc1. The number of anilines is 1. The lowest BCUT2D eigenvalue weighted by atomic mass is 10.1. The van der Waals surface area contributed by atoms with E-state index >= 15 is 0 Å². The van der Waals surface area contributed by atoms with Crippen molar-refractivity contribution in [1.82, 2.24) is 4.72 Å². The number of hydrogen-bond acceptors (Lipinski definition) is 4. The zero-order valence-electron chi connectivity index (χ0n) is 15.3. The van der Waals surface area contributed by atoms with Gasteiger partial charge in [0.05, 0.1) is 12.3 Å². The number of nitrogens with zero attached hydrogens (tertiary/aromatic N) is 1. The number of nitrogens with one attached hydrogen (secondary N) is 1. The predicted octanol–water partition coefficient (Wildman–Crippen LogP) is 2.74. The van der Waals surface area contributed by atoms with Crippen LogP contribution >= 0.6 is 0 Å². The normalized spacial score (nSPS) is 17.1. The highest BCUT2D eigenvalue weighted by Gasteiger charge is 2.32. The zero-order valence-corrected chi connectivity index (χ0v) is 16.1. The summed E-state index contributed by atoms with van der Waals surface area (Å²) in [6, 6.07) is 17.2. The third-order valence-electron chi connectivity index (χ3n) is 4.56. The second-order valence-electron chi connectivity index (χ2n) is 6.54. The summed E-state index contributed by atoms with van der Waals surface area (Å²) in [6.45, 7) is 2.47. The molecule has 0 radical (unpaired) electrons. The number of rotatable bonds is 8. The van der Waals surface area contributed by atoms with Gasteiger partial charge in [-0.25, -0.2) is 17.9 Å². The number of amides is 1. The molecule has 1 aliphatic rings. The van der Waals surface area contributed by atoms with Gasteiger partial charge in [-0.1, -0.05) is 49.4 Å². The minimum absolute atomic E-state index is 0.000125. The molecule has 1 N–H and O–H groups in total. The van der Waals surface area contributed by atoms with Gasteiger partial charge in [-0.15, -0.1) is 0 Å². The maximum Gasteiger partial charge on any atom is 0.414 e. The van der Waals surface area contributed by atoms with Crippen LogP contribution in [0.5, 0.6) is 0 Å². The molecule has 1 unspecified atom stereocenters. The molecule has 144 valence electrons. The molecule has 0 aromatic heterocycles. The fourth-order valence-corrected chi connectivity index (χ4v) is 4.03. The molecule has 1 saturated heterocycles. The maximum atomic E-state index is 12.2. The number of cyclic esters (lactones) is 1. The number of sulfonamides is 1. The van der Waals surface area contributed by atoms with E-state index in [0.29, 0.717) is 13.0 Å². The zero-order chi connectivity index (χ0) is 19.3. The molecular formula is C20H24N2O4S. The Bertz CT molecular complexity index is 867. The molecular weight excluding hydrogens is 364 g/mol. The Labute approximate surface area is 160 Å². The van der Waals surface area contributed by atoms with Crippen molar-refractivity contribution in [3.63, 3.8) is 0 Å². The van der Waals surface area contributed by atoms with Gasteiger partial charge in [0.25, 0.3) is 0 Å². The minimum Gasteiger partial charge on any atom is -0.443 e. The van der Waals surface area contributed by atoms with Gasteiger partial charge in [-0.05, 0) is 36.1 Å². The monoisotopic (exact) mass is 388 g/mol. The first-order chi connectivity index (χ1) is 13.0. The summed E-state index contributed by atoms with van der Waals surface area (Å²) in [6.07, 6.45) is 0.414. The predicted molar refractivity (Wildman–Crippen MR) is 105 cm³/mol. The van der Waals surface area contributed by atoms with Crippen LogP contribution in [0.3, 0.4) is 0 Å². The molecule has 1 fully saturated rings. The van der Waals surface area contributed by atoms with Crippen molar-refractivity contribution in [1.29, 1.82) is 0 Å². The van der Waals surface area contributed by atoms with Crippen molar-refractivity contribution in [3.8, 4) is 0 Å². The van der Waals surface area contributed by atoms with Gasteiger partial charge in [0, 0.05) is 12.2 Å². The summed E-state index contributed by atoms with van der Waals surface area (Å²) in [4.78, 5) is 13.6. The van der Waals surface area contributed by atoms with Crippen molar-refractivity contribution >= 4 is 21.8 Å². The van der Waals surface area contributed by atoms with Gasteiger partial charge < -0.3 is 4.74 Å². The second-order valence-corrected chi connectivity index (χ2v) is 8.47. The summed E-state index contributed by atoms with van der Waals surface area (Å²) in [5.74, 6) is -0.000125. The number of carbonyl (C=O) groups is 1. The van der Waals surface area contributed by atoms with Crippen molar-refractivity contribution in [3.05, 3.63) is 65.7 Å². The van der Waals surface area contributed by atoms with E-state index in [0.717, 1.165) is 17.7 Å². The van der Waals surface area contributed by atoms with Crippen LogP contribution in [0.1, 0.15) is 18.1 Å².